The molecule has 0 heterocycles. The van der Waals surface area contributed by atoms with Crippen molar-refractivity contribution < 1.29 is 27.7 Å². The van der Waals surface area contributed by atoms with Crippen LogP contribution in [-0.4, -0.2) is 31.8 Å². The van der Waals surface area contributed by atoms with Crippen molar-refractivity contribution in [3.05, 3.63) is 99.6 Å². The van der Waals surface area contributed by atoms with Crippen LogP contribution in [0.1, 0.15) is 33.2 Å². The molecule has 0 unspecified atom stereocenters. The highest BCUT2D eigenvalue weighted by atomic mass is 32.2. The van der Waals surface area contributed by atoms with Gasteiger partial charge in [0, 0.05) is 23.7 Å². The van der Waals surface area contributed by atoms with Crippen LogP contribution in [0.15, 0.2) is 77.7 Å². The molecule has 0 saturated carbocycles. The summed E-state index contributed by atoms with van der Waals surface area (Å²) < 4.78 is 32.9. The minimum absolute atomic E-state index is 0.0111. The Balaban J connectivity index is 1.66. The molecule has 0 atom stereocenters. The van der Waals surface area contributed by atoms with Crippen LogP contribution in [-0.2, 0) is 16.6 Å². The van der Waals surface area contributed by atoms with E-state index in [1.807, 2.05) is 6.07 Å². The Labute approximate surface area is 201 Å². The summed E-state index contributed by atoms with van der Waals surface area (Å²) in [4.78, 5) is 35.3. The van der Waals surface area contributed by atoms with E-state index in [0.29, 0.717) is 0 Å². The molecule has 0 bridgehead atoms. The van der Waals surface area contributed by atoms with Gasteiger partial charge in [0.15, 0.2) is 5.75 Å². The Hall–Kier alpha value is -4.29. The van der Waals surface area contributed by atoms with Crippen molar-refractivity contribution in [2.24, 2.45) is 0 Å². The fourth-order valence-electron chi connectivity index (χ4n) is 3.00. The Morgan fingerprint density at radius 3 is 2.20 bits per heavy atom. The highest BCUT2D eigenvalue weighted by Gasteiger charge is 2.20. The van der Waals surface area contributed by atoms with E-state index in [9.17, 15) is 28.1 Å². The minimum Gasteiger partial charge on any atom is -0.487 e. The van der Waals surface area contributed by atoms with Crippen molar-refractivity contribution in [2.75, 3.05) is 6.61 Å². The lowest BCUT2D eigenvalue weighted by molar-refractivity contribution is -0.385. The molecule has 3 N–H and O–H groups in total. The van der Waals surface area contributed by atoms with E-state index in [4.69, 9.17) is 4.74 Å². The number of nitro benzene ring substituents is 1. The van der Waals surface area contributed by atoms with Gasteiger partial charge in [-0.05, 0) is 42.8 Å². The molecular weight excluding hydrogens is 476 g/mol. The Bertz CT molecular complexity index is 1340. The van der Waals surface area contributed by atoms with Gasteiger partial charge in [0.05, 0.1) is 16.4 Å². The van der Waals surface area contributed by atoms with Crippen LogP contribution in [0.2, 0.25) is 0 Å². The fourth-order valence-corrected chi connectivity index (χ4v) is 4.06. The fraction of sp³-hybridized carbons (Fsp3) is 0.130. The molecule has 12 heteroatoms. The average Bonchev–Trinajstić information content (AvgIpc) is 2.87. The molecule has 0 aliphatic rings. The van der Waals surface area contributed by atoms with Crippen molar-refractivity contribution in [3.63, 3.8) is 0 Å². The lowest BCUT2D eigenvalue weighted by atomic mass is 10.2. The number of nitro groups is 1. The lowest BCUT2D eigenvalue weighted by Gasteiger charge is -2.10. The summed E-state index contributed by atoms with van der Waals surface area (Å²) >= 11 is 0. The number of sulfonamides is 1. The third-order valence-electron chi connectivity index (χ3n) is 4.72. The first-order valence-electron chi connectivity index (χ1n) is 10.4. The molecule has 0 fully saturated rings. The van der Waals surface area contributed by atoms with Gasteiger partial charge in [-0.15, -0.1) is 0 Å². The zero-order valence-electron chi connectivity index (χ0n) is 18.6. The van der Waals surface area contributed by atoms with Crippen LogP contribution in [0.25, 0.3) is 0 Å². The van der Waals surface area contributed by atoms with Gasteiger partial charge in [-0.25, -0.2) is 13.1 Å². The molecule has 0 aromatic heterocycles. The Morgan fingerprint density at radius 2 is 1.57 bits per heavy atom. The maximum absolute atomic E-state index is 12.6. The smallest absolute Gasteiger partial charge is 0.311 e. The number of nitrogens with one attached hydrogen (secondary N) is 3. The molecule has 0 radical (unpaired) electrons. The summed E-state index contributed by atoms with van der Waals surface area (Å²) in [5.41, 5.74) is 4.59. The van der Waals surface area contributed by atoms with Gasteiger partial charge in [-0.1, -0.05) is 36.4 Å². The third-order valence-corrected chi connectivity index (χ3v) is 6.12. The zero-order chi connectivity index (χ0) is 25.4. The van der Waals surface area contributed by atoms with E-state index >= 15 is 0 Å². The van der Waals surface area contributed by atoms with Crippen molar-refractivity contribution >= 4 is 27.5 Å². The van der Waals surface area contributed by atoms with Crippen LogP contribution in [0.4, 0.5) is 5.69 Å². The van der Waals surface area contributed by atoms with Gasteiger partial charge in [0.25, 0.3) is 11.8 Å². The number of rotatable bonds is 9. The average molecular weight is 499 g/mol. The summed E-state index contributed by atoms with van der Waals surface area (Å²) in [6.45, 7) is 1.95. The SMILES string of the molecule is CCOc1ccc(C(=O)NNC(=O)c2cccc(S(=O)(=O)NCc3ccccc3)c2)cc1[N+](=O)[O-]. The van der Waals surface area contributed by atoms with E-state index in [1.165, 1.54) is 30.3 Å². The molecule has 0 spiro atoms. The Morgan fingerprint density at radius 1 is 0.914 bits per heavy atom. The number of ether oxygens (including phenoxy) is 1. The summed E-state index contributed by atoms with van der Waals surface area (Å²) in [6.07, 6.45) is 0. The van der Waals surface area contributed by atoms with Gasteiger partial charge in [0.1, 0.15) is 0 Å². The summed E-state index contributed by atoms with van der Waals surface area (Å²) in [6, 6.07) is 17.8. The maximum Gasteiger partial charge on any atom is 0.311 e. The molecule has 2 amide bonds. The molecule has 35 heavy (non-hydrogen) atoms. The maximum atomic E-state index is 12.6. The predicted molar refractivity (Wildman–Crippen MR) is 126 cm³/mol. The van der Waals surface area contributed by atoms with E-state index in [0.717, 1.165) is 17.7 Å². The van der Waals surface area contributed by atoms with E-state index in [-0.39, 0.29) is 34.9 Å². The van der Waals surface area contributed by atoms with Crippen molar-refractivity contribution in [1.29, 1.82) is 0 Å². The number of hydrogen-bond donors (Lipinski definition) is 3. The number of amides is 2. The number of carbonyl (C=O) groups excluding carboxylic acids is 2. The molecule has 11 nitrogen and oxygen atoms in total. The Kier molecular flexibility index (Phi) is 8.12. The molecule has 3 rings (SSSR count). The van der Waals surface area contributed by atoms with Crippen LogP contribution in [0, 0.1) is 10.1 Å². The second-order valence-electron chi connectivity index (χ2n) is 7.12. The minimum atomic E-state index is -3.90. The third kappa shape index (κ3) is 6.62. The van der Waals surface area contributed by atoms with Crippen molar-refractivity contribution in [3.8, 4) is 5.75 Å². The molecule has 3 aromatic rings. The first kappa shape index (κ1) is 25.3. The predicted octanol–water partition coefficient (Wildman–Crippen LogP) is 2.55. The topological polar surface area (TPSA) is 157 Å². The molecular formula is C23H22N4O7S. The van der Waals surface area contributed by atoms with E-state index < -0.39 is 32.4 Å². The molecule has 0 aliphatic heterocycles. The van der Waals surface area contributed by atoms with E-state index in [1.54, 1.807) is 31.2 Å². The molecule has 3 aromatic carbocycles. The molecule has 0 aliphatic carbocycles. The van der Waals surface area contributed by atoms with E-state index in [2.05, 4.69) is 15.6 Å². The summed E-state index contributed by atoms with van der Waals surface area (Å²) in [5, 5.41) is 11.2. The monoisotopic (exact) mass is 498 g/mol. The van der Waals surface area contributed by atoms with Gasteiger partial charge in [-0.3, -0.25) is 30.6 Å². The van der Waals surface area contributed by atoms with Crippen LogP contribution in [0.3, 0.4) is 0 Å². The molecule has 0 saturated heterocycles. The summed E-state index contributed by atoms with van der Waals surface area (Å²) in [5.74, 6) is -1.58. The van der Waals surface area contributed by atoms with Crippen LogP contribution in [0.5, 0.6) is 5.75 Å². The lowest BCUT2D eigenvalue weighted by Crippen LogP contribution is -2.41. The van der Waals surface area contributed by atoms with Crippen LogP contribution < -0.4 is 20.3 Å². The quantitative estimate of drug-likeness (QED) is 0.302. The van der Waals surface area contributed by atoms with Crippen molar-refractivity contribution in [1.82, 2.24) is 15.6 Å². The number of hydrazine groups is 1. The van der Waals surface area contributed by atoms with Gasteiger partial charge < -0.3 is 4.74 Å². The standard InChI is InChI=1S/C23H22N4O7S/c1-2-34-21-12-11-18(14-20(21)27(30)31)23(29)26-25-22(28)17-9-6-10-19(13-17)35(32,33)24-15-16-7-4-3-5-8-16/h3-14,24H,2,15H2,1H3,(H,25,28)(H,26,29). The number of benzene rings is 3. The number of nitrogens with zero attached hydrogens (tertiary/aromatic N) is 1. The number of hydrogen-bond acceptors (Lipinski definition) is 7. The largest absolute Gasteiger partial charge is 0.487 e. The number of carbonyl (C=O) groups is 2. The van der Waals surface area contributed by atoms with Gasteiger partial charge in [-0.2, -0.15) is 0 Å². The van der Waals surface area contributed by atoms with Crippen molar-refractivity contribution in [2.45, 2.75) is 18.4 Å². The van der Waals surface area contributed by atoms with Gasteiger partial charge >= 0.3 is 5.69 Å². The first-order chi connectivity index (χ1) is 16.7. The summed E-state index contributed by atoms with van der Waals surface area (Å²) in [7, 11) is -3.90. The first-order valence-corrected chi connectivity index (χ1v) is 11.8. The normalized spacial score (nSPS) is 10.9. The second-order valence-corrected chi connectivity index (χ2v) is 8.89. The van der Waals surface area contributed by atoms with Gasteiger partial charge in [0.2, 0.25) is 10.0 Å². The highest BCUT2D eigenvalue weighted by molar-refractivity contribution is 7.89. The highest BCUT2D eigenvalue weighted by Crippen LogP contribution is 2.27. The second kappa shape index (κ2) is 11.2. The van der Waals surface area contributed by atoms with Crippen LogP contribution >= 0.6 is 0 Å². The zero-order valence-corrected chi connectivity index (χ0v) is 19.4. The molecule has 182 valence electrons.